The Balaban J connectivity index is 1.29. The van der Waals surface area contributed by atoms with Crippen LogP contribution in [-0.4, -0.2) is 66.5 Å². The SMILES string of the molecule is O=C(O)c1ccccc1N1CCN(CC(O)COc2cccc3ccccc23)CC1. The Bertz CT molecular complexity index is 1010. The second kappa shape index (κ2) is 9.15. The second-order valence-corrected chi connectivity index (χ2v) is 7.55. The first-order valence-electron chi connectivity index (χ1n) is 10.2. The molecule has 0 aromatic heterocycles. The Morgan fingerprint density at radius 3 is 2.43 bits per heavy atom. The van der Waals surface area contributed by atoms with Gasteiger partial charge in [-0.15, -0.1) is 0 Å². The smallest absolute Gasteiger partial charge is 0.337 e. The fourth-order valence-electron chi connectivity index (χ4n) is 3.96. The number of aliphatic hydroxyl groups excluding tert-OH is 1. The number of carbonyl (C=O) groups is 1. The average molecular weight is 406 g/mol. The molecular weight excluding hydrogens is 380 g/mol. The normalized spacial score (nSPS) is 15.8. The van der Waals surface area contributed by atoms with E-state index >= 15 is 0 Å². The summed E-state index contributed by atoms with van der Waals surface area (Å²) in [5.74, 6) is -0.128. The molecule has 1 aliphatic rings. The molecule has 156 valence electrons. The molecule has 0 bridgehead atoms. The van der Waals surface area contributed by atoms with Crippen molar-refractivity contribution < 1.29 is 19.7 Å². The van der Waals surface area contributed by atoms with Crippen LogP contribution in [-0.2, 0) is 0 Å². The number of β-amino-alcohol motifs (C(OH)–C–C–N with tert-alkyl or cyclic N) is 1. The molecule has 1 aliphatic heterocycles. The number of anilines is 1. The van der Waals surface area contributed by atoms with Crippen molar-refractivity contribution in [3.63, 3.8) is 0 Å². The number of nitrogens with zero attached hydrogens (tertiary/aromatic N) is 2. The Morgan fingerprint density at radius 1 is 0.933 bits per heavy atom. The zero-order chi connectivity index (χ0) is 20.9. The van der Waals surface area contributed by atoms with Crippen LogP contribution in [0.1, 0.15) is 10.4 Å². The van der Waals surface area contributed by atoms with E-state index in [0.29, 0.717) is 12.1 Å². The van der Waals surface area contributed by atoms with Gasteiger partial charge in [0.1, 0.15) is 18.5 Å². The van der Waals surface area contributed by atoms with Crippen LogP contribution < -0.4 is 9.64 Å². The van der Waals surface area contributed by atoms with E-state index in [1.807, 2.05) is 54.6 Å². The fourth-order valence-corrected chi connectivity index (χ4v) is 3.96. The van der Waals surface area contributed by atoms with Gasteiger partial charge in [-0.05, 0) is 23.6 Å². The molecular formula is C24H26N2O4. The minimum absolute atomic E-state index is 0.232. The van der Waals surface area contributed by atoms with Gasteiger partial charge < -0.3 is 19.8 Å². The van der Waals surface area contributed by atoms with Gasteiger partial charge in [-0.1, -0.05) is 48.5 Å². The number of hydrogen-bond donors (Lipinski definition) is 2. The maximum Gasteiger partial charge on any atom is 0.337 e. The van der Waals surface area contributed by atoms with Crippen molar-refractivity contribution >= 4 is 22.4 Å². The molecule has 6 nitrogen and oxygen atoms in total. The van der Waals surface area contributed by atoms with Crippen molar-refractivity contribution in [1.29, 1.82) is 0 Å². The minimum atomic E-state index is -0.908. The van der Waals surface area contributed by atoms with Crippen LogP contribution in [0.3, 0.4) is 0 Å². The molecule has 1 saturated heterocycles. The number of aromatic carboxylic acids is 1. The van der Waals surface area contributed by atoms with Crippen LogP contribution in [0.15, 0.2) is 66.7 Å². The lowest BCUT2D eigenvalue weighted by Crippen LogP contribution is -2.49. The third kappa shape index (κ3) is 4.56. The van der Waals surface area contributed by atoms with E-state index in [-0.39, 0.29) is 6.61 Å². The lowest BCUT2D eigenvalue weighted by molar-refractivity contribution is 0.0667. The minimum Gasteiger partial charge on any atom is -0.490 e. The number of piperazine rings is 1. The molecule has 1 atom stereocenters. The van der Waals surface area contributed by atoms with Gasteiger partial charge in [0.05, 0.1) is 11.3 Å². The highest BCUT2D eigenvalue weighted by Gasteiger charge is 2.22. The molecule has 0 saturated carbocycles. The number of carboxylic acids is 1. The summed E-state index contributed by atoms with van der Waals surface area (Å²) in [5, 5.41) is 22.0. The van der Waals surface area contributed by atoms with Gasteiger partial charge in [-0.3, -0.25) is 4.90 Å². The Morgan fingerprint density at radius 2 is 1.63 bits per heavy atom. The van der Waals surface area contributed by atoms with Gasteiger partial charge in [0, 0.05) is 38.1 Å². The van der Waals surface area contributed by atoms with Crippen molar-refractivity contribution in [3.8, 4) is 5.75 Å². The van der Waals surface area contributed by atoms with Gasteiger partial charge >= 0.3 is 5.97 Å². The number of benzene rings is 3. The molecule has 4 rings (SSSR count). The summed E-state index contributed by atoms with van der Waals surface area (Å²) in [6, 6.07) is 21.1. The first kappa shape index (κ1) is 20.2. The maximum atomic E-state index is 11.5. The number of fused-ring (bicyclic) bond motifs is 1. The number of ether oxygens (including phenoxy) is 1. The maximum absolute atomic E-state index is 11.5. The topological polar surface area (TPSA) is 73.2 Å². The fraction of sp³-hybridized carbons (Fsp3) is 0.292. The highest BCUT2D eigenvalue weighted by molar-refractivity contribution is 5.94. The summed E-state index contributed by atoms with van der Waals surface area (Å²) in [7, 11) is 0. The van der Waals surface area contributed by atoms with E-state index < -0.39 is 12.1 Å². The predicted molar refractivity (Wildman–Crippen MR) is 118 cm³/mol. The van der Waals surface area contributed by atoms with Crippen LogP contribution in [0.25, 0.3) is 10.8 Å². The van der Waals surface area contributed by atoms with E-state index in [0.717, 1.165) is 48.4 Å². The molecule has 0 aliphatic carbocycles. The average Bonchev–Trinajstić information content (AvgIpc) is 2.78. The molecule has 1 unspecified atom stereocenters. The third-order valence-electron chi connectivity index (χ3n) is 5.50. The summed E-state index contributed by atoms with van der Waals surface area (Å²) < 4.78 is 5.90. The number of rotatable bonds is 7. The summed E-state index contributed by atoms with van der Waals surface area (Å²) >= 11 is 0. The highest BCUT2D eigenvalue weighted by atomic mass is 16.5. The lowest BCUT2D eigenvalue weighted by Gasteiger charge is -2.37. The molecule has 30 heavy (non-hydrogen) atoms. The quantitative estimate of drug-likeness (QED) is 0.628. The van der Waals surface area contributed by atoms with Gasteiger partial charge in [-0.25, -0.2) is 4.79 Å². The van der Waals surface area contributed by atoms with Crippen molar-refractivity contribution in [2.45, 2.75) is 6.10 Å². The Kier molecular flexibility index (Phi) is 6.16. The van der Waals surface area contributed by atoms with Crippen LogP contribution >= 0.6 is 0 Å². The second-order valence-electron chi connectivity index (χ2n) is 7.55. The summed E-state index contributed by atoms with van der Waals surface area (Å²) in [6.45, 7) is 3.73. The largest absolute Gasteiger partial charge is 0.490 e. The monoisotopic (exact) mass is 406 g/mol. The molecule has 6 heteroatoms. The van der Waals surface area contributed by atoms with E-state index in [1.165, 1.54) is 0 Å². The Hall–Kier alpha value is -3.09. The molecule has 3 aromatic carbocycles. The summed E-state index contributed by atoms with van der Waals surface area (Å²) in [6.07, 6.45) is -0.596. The molecule has 0 spiro atoms. The van der Waals surface area contributed by atoms with Crippen LogP contribution in [0.5, 0.6) is 5.75 Å². The van der Waals surface area contributed by atoms with E-state index in [1.54, 1.807) is 12.1 Å². The van der Waals surface area contributed by atoms with E-state index in [2.05, 4.69) is 9.80 Å². The van der Waals surface area contributed by atoms with Crippen LogP contribution in [0.4, 0.5) is 5.69 Å². The van der Waals surface area contributed by atoms with Crippen molar-refractivity contribution in [3.05, 3.63) is 72.3 Å². The predicted octanol–water partition coefficient (Wildman–Crippen LogP) is 3.10. The number of para-hydroxylation sites is 1. The highest BCUT2D eigenvalue weighted by Crippen LogP contribution is 2.25. The zero-order valence-electron chi connectivity index (χ0n) is 16.8. The van der Waals surface area contributed by atoms with E-state index in [4.69, 9.17) is 4.74 Å². The molecule has 1 heterocycles. The van der Waals surface area contributed by atoms with Gasteiger partial charge in [0.2, 0.25) is 0 Å². The van der Waals surface area contributed by atoms with Crippen LogP contribution in [0.2, 0.25) is 0 Å². The van der Waals surface area contributed by atoms with Crippen molar-refractivity contribution in [2.24, 2.45) is 0 Å². The molecule has 2 N–H and O–H groups in total. The van der Waals surface area contributed by atoms with Crippen molar-refractivity contribution in [2.75, 3.05) is 44.2 Å². The number of hydrogen-bond acceptors (Lipinski definition) is 5. The molecule has 0 amide bonds. The van der Waals surface area contributed by atoms with Crippen LogP contribution in [0, 0.1) is 0 Å². The molecule has 3 aromatic rings. The van der Waals surface area contributed by atoms with Crippen molar-refractivity contribution in [1.82, 2.24) is 4.90 Å². The summed E-state index contributed by atoms with van der Waals surface area (Å²) in [5.41, 5.74) is 1.08. The summed E-state index contributed by atoms with van der Waals surface area (Å²) in [4.78, 5) is 15.7. The zero-order valence-corrected chi connectivity index (χ0v) is 16.8. The number of aliphatic hydroxyl groups is 1. The van der Waals surface area contributed by atoms with Gasteiger partial charge in [0.25, 0.3) is 0 Å². The van der Waals surface area contributed by atoms with Gasteiger partial charge in [-0.2, -0.15) is 0 Å². The lowest BCUT2D eigenvalue weighted by atomic mass is 10.1. The molecule has 0 radical (unpaired) electrons. The standard InChI is InChI=1S/C24H26N2O4/c27-19(17-30-23-11-5-7-18-6-1-2-8-20(18)23)16-25-12-14-26(15-13-25)22-10-4-3-9-21(22)24(28)29/h1-11,19,27H,12-17H2,(H,28,29). The first-order chi connectivity index (χ1) is 14.6. The van der Waals surface area contributed by atoms with E-state index in [9.17, 15) is 15.0 Å². The first-order valence-corrected chi connectivity index (χ1v) is 10.2. The Labute approximate surface area is 175 Å². The van der Waals surface area contributed by atoms with Gasteiger partial charge in [0.15, 0.2) is 0 Å². The number of carboxylic acid groups (broad SMARTS) is 1. The molecule has 1 fully saturated rings. The third-order valence-corrected chi connectivity index (χ3v) is 5.50.